The summed E-state index contributed by atoms with van der Waals surface area (Å²) in [5.74, 6) is 0.0247. The van der Waals surface area contributed by atoms with Crippen LogP contribution in [0, 0.1) is 0 Å². The number of benzene rings is 1. The monoisotopic (exact) mass is 286 g/mol. The van der Waals surface area contributed by atoms with E-state index in [0.717, 1.165) is 14.6 Å². The van der Waals surface area contributed by atoms with Crippen LogP contribution < -0.4 is 0 Å². The highest BCUT2D eigenvalue weighted by atomic mass is 32.2. The predicted molar refractivity (Wildman–Crippen MR) is 78.0 cm³/mol. The number of fused-ring (bicyclic) bond motifs is 1. The number of thiazole rings is 1. The van der Waals surface area contributed by atoms with Gasteiger partial charge < -0.3 is 0 Å². The van der Waals surface area contributed by atoms with Gasteiger partial charge in [-0.25, -0.2) is 9.97 Å². The molecular formula is C14H10N2OS2. The summed E-state index contributed by atoms with van der Waals surface area (Å²) in [6, 6.07) is 11.6. The number of pyridine rings is 1. The van der Waals surface area contributed by atoms with Crippen molar-refractivity contribution in [3.05, 3.63) is 48.2 Å². The van der Waals surface area contributed by atoms with E-state index in [2.05, 4.69) is 9.97 Å². The molecule has 0 spiro atoms. The molecule has 2 aromatic heterocycles. The number of carbonyl (C=O) groups excluding carboxylic acids is 1. The molecule has 19 heavy (non-hydrogen) atoms. The normalized spacial score (nSPS) is 10.8. The van der Waals surface area contributed by atoms with Gasteiger partial charge in [0, 0.05) is 11.8 Å². The van der Waals surface area contributed by atoms with Crippen LogP contribution in [0.3, 0.4) is 0 Å². The molecule has 0 bridgehead atoms. The second kappa shape index (κ2) is 5.11. The fourth-order valence-corrected chi connectivity index (χ4v) is 3.83. The van der Waals surface area contributed by atoms with Crippen LogP contribution in [0.25, 0.3) is 10.2 Å². The molecule has 3 aromatic rings. The molecule has 3 rings (SSSR count). The topological polar surface area (TPSA) is 42.9 Å². The van der Waals surface area contributed by atoms with Crippen LogP contribution in [-0.2, 0) is 0 Å². The SMILES string of the molecule is CC(=O)c1cccnc1Sc1nc2ccccc2s1. The molecule has 0 atom stereocenters. The number of para-hydroxylation sites is 1. The molecule has 2 heterocycles. The summed E-state index contributed by atoms with van der Waals surface area (Å²) < 4.78 is 2.05. The van der Waals surface area contributed by atoms with E-state index in [1.165, 1.54) is 11.8 Å². The van der Waals surface area contributed by atoms with Gasteiger partial charge in [-0.2, -0.15) is 0 Å². The van der Waals surface area contributed by atoms with Crippen LogP contribution >= 0.6 is 23.1 Å². The number of hydrogen-bond acceptors (Lipinski definition) is 5. The Morgan fingerprint density at radius 1 is 1.21 bits per heavy atom. The van der Waals surface area contributed by atoms with Gasteiger partial charge in [0.1, 0.15) is 5.03 Å². The van der Waals surface area contributed by atoms with E-state index in [0.29, 0.717) is 10.6 Å². The maximum Gasteiger partial charge on any atom is 0.162 e. The highest BCUT2D eigenvalue weighted by molar-refractivity contribution is 8.01. The zero-order valence-corrected chi connectivity index (χ0v) is 11.8. The summed E-state index contributed by atoms with van der Waals surface area (Å²) in [6.45, 7) is 1.55. The van der Waals surface area contributed by atoms with Crippen molar-refractivity contribution in [1.29, 1.82) is 0 Å². The van der Waals surface area contributed by atoms with Crippen LogP contribution in [0.1, 0.15) is 17.3 Å². The van der Waals surface area contributed by atoms with Crippen molar-refractivity contribution in [2.45, 2.75) is 16.3 Å². The summed E-state index contributed by atoms with van der Waals surface area (Å²) in [7, 11) is 0. The van der Waals surface area contributed by atoms with Gasteiger partial charge in [0.15, 0.2) is 10.1 Å². The molecule has 94 valence electrons. The minimum absolute atomic E-state index is 0.0247. The van der Waals surface area contributed by atoms with Crippen molar-refractivity contribution in [2.75, 3.05) is 0 Å². The van der Waals surface area contributed by atoms with Crippen LogP contribution in [0.5, 0.6) is 0 Å². The number of rotatable bonds is 3. The average molecular weight is 286 g/mol. The Bertz CT molecular complexity index is 719. The second-order valence-electron chi connectivity index (χ2n) is 3.96. The van der Waals surface area contributed by atoms with E-state index >= 15 is 0 Å². The van der Waals surface area contributed by atoms with Crippen molar-refractivity contribution in [3.63, 3.8) is 0 Å². The molecule has 0 aliphatic carbocycles. The van der Waals surface area contributed by atoms with Crippen molar-refractivity contribution in [1.82, 2.24) is 9.97 Å². The van der Waals surface area contributed by atoms with Gasteiger partial charge in [-0.3, -0.25) is 4.79 Å². The Morgan fingerprint density at radius 3 is 2.84 bits per heavy atom. The Hall–Kier alpha value is -1.72. The van der Waals surface area contributed by atoms with Crippen molar-refractivity contribution >= 4 is 39.1 Å². The largest absolute Gasteiger partial charge is 0.294 e. The van der Waals surface area contributed by atoms with E-state index in [1.54, 1.807) is 36.6 Å². The lowest BCUT2D eigenvalue weighted by Gasteiger charge is -2.01. The molecule has 0 amide bonds. The number of carbonyl (C=O) groups is 1. The number of hydrogen-bond donors (Lipinski definition) is 0. The fourth-order valence-electron chi connectivity index (χ4n) is 1.72. The quantitative estimate of drug-likeness (QED) is 0.681. The molecule has 5 heteroatoms. The lowest BCUT2D eigenvalue weighted by Crippen LogP contribution is -1.96. The van der Waals surface area contributed by atoms with Crippen molar-refractivity contribution in [3.8, 4) is 0 Å². The van der Waals surface area contributed by atoms with Gasteiger partial charge in [0.25, 0.3) is 0 Å². The Morgan fingerprint density at radius 2 is 2.05 bits per heavy atom. The first-order valence-corrected chi connectivity index (χ1v) is 7.37. The zero-order valence-electron chi connectivity index (χ0n) is 10.2. The smallest absolute Gasteiger partial charge is 0.162 e. The molecule has 1 aromatic carbocycles. The van der Waals surface area contributed by atoms with E-state index in [9.17, 15) is 4.79 Å². The second-order valence-corrected chi connectivity index (χ2v) is 6.23. The van der Waals surface area contributed by atoms with Gasteiger partial charge in [-0.1, -0.05) is 12.1 Å². The lowest BCUT2D eigenvalue weighted by molar-refractivity contribution is 0.101. The van der Waals surface area contributed by atoms with Gasteiger partial charge in [-0.15, -0.1) is 11.3 Å². The number of aromatic nitrogens is 2. The minimum Gasteiger partial charge on any atom is -0.294 e. The Labute approximate surface area is 118 Å². The first-order valence-electron chi connectivity index (χ1n) is 5.73. The molecule has 0 aliphatic heterocycles. The molecule has 0 unspecified atom stereocenters. The van der Waals surface area contributed by atoms with Crippen LogP contribution in [0.15, 0.2) is 52.0 Å². The van der Waals surface area contributed by atoms with Gasteiger partial charge in [0.05, 0.1) is 10.2 Å². The van der Waals surface area contributed by atoms with Gasteiger partial charge in [-0.05, 0) is 43.0 Å². The standard InChI is InChI=1S/C14H10N2OS2/c1-9(17)10-5-4-8-15-13(10)19-14-16-11-6-2-3-7-12(11)18-14/h2-8H,1H3. The number of Topliss-reactive ketones (excluding diaryl/α,β-unsaturated/α-hetero) is 1. The molecular weight excluding hydrogens is 276 g/mol. The highest BCUT2D eigenvalue weighted by Crippen LogP contribution is 2.34. The molecule has 0 saturated carbocycles. The molecule has 0 radical (unpaired) electrons. The van der Waals surface area contributed by atoms with Crippen LogP contribution in [-0.4, -0.2) is 15.8 Å². The number of ketones is 1. The maximum atomic E-state index is 11.6. The maximum absolute atomic E-state index is 11.6. The minimum atomic E-state index is 0.0247. The number of nitrogens with zero attached hydrogens (tertiary/aromatic N) is 2. The van der Waals surface area contributed by atoms with Gasteiger partial charge in [0.2, 0.25) is 0 Å². The third-order valence-corrected chi connectivity index (χ3v) is 4.72. The van der Waals surface area contributed by atoms with E-state index < -0.39 is 0 Å². The van der Waals surface area contributed by atoms with Crippen molar-refractivity contribution in [2.24, 2.45) is 0 Å². The molecule has 3 nitrogen and oxygen atoms in total. The first kappa shape index (κ1) is 12.3. The summed E-state index contributed by atoms with van der Waals surface area (Å²) in [5, 5.41) is 0.717. The molecule has 0 fully saturated rings. The van der Waals surface area contributed by atoms with Crippen molar-refractivity contribution < 1.29 is 4.79 Å². The first-order chi connectivity index (χ1) is 9.24. The Balaban J connectivity index is 1.99. The fraction of sp³-hybridized carbons (Fsp3) is 0.0714. The molecule has 0 saturated heterocycles. The van der Waals surface area contributed by atoms with E-state index in [4.69, 9.17) is 0 Å². The average Bonchev–Trinajstić information content (AvgIpc) is 2.81. The lowest BCUT2D eigenvalue weighted by atomic mass is 10.2. The van der Waals surface area contributed by atoms with Crippen LogP contribution in [0.2, 0.25) is 0 Å². The summed E-state index contributed by atoms with van der Waals surface area (Å²) in [4.78, 5) is 20.4. The zero-order chi connectivity index (χ0) is 13.2. The predicted octanol–water partition coefficient (Wildman–Crippen LogP) is 4.05. The van der Waals surface area contributed by atoms with E-state index in [-0.39, 0.29) is 5.78 Å². The highest BCUT2D eigenvalue weighted by Gasteiger charge is 2.12. The summed E-state index contributed by atoms with van der Waals surface area (Å²) >= 11 is 3.06. The van der Waals surface area contributed by atoms with Gasteiger partial charge >= 0.3 is 0 Å². The summed E-state index contributed by atoms with van der Waals surface area (Å²) in [5.41, 5.74) is 1.63. The Kier molecular flexibility index (Phi) is 3.31. The van der Waals surface area contributed by atoms with Crippen LogP contribution in [0.4, 0.5) is 0 Å². The molecule has 0 aliphatic rings. The van der Waals surface area contributed by atoms with E-state index in [1.807, 2.05) is 24.3 Å². The third-order valence-electron chi connectivity index (χ3n) is 2.61. The molecule has 0 N–H and O–H groups in total. The summed E-state index contributed by atoms with van der Waals surface area (Å²) in [6.07, 6.45) is 1.70. The third kappa shape index (κ3) is 2.52.